The van der Waals surface area contributed by atoms with Crippen LogP contribution in [-0.4, -0.2) is 37.1 Å². The Morgan fingerprint density at radius 1 is 1.12 bits per heavy atom. The molecular formula is C14H26N2. The van der Waals surface area contributed by atoms with Gasteiger partial charge < -0.3 is 10.2 Å². The second-order valence-corrected chi connectivity index (χ2v) is 6.16. The van der Waals surface area contributed by atoms with Crippen LogP contribution in [0.2, 0.25) is 0 Å². The van der Waals surface area contributed by atoms with E-state index in [-0.39, 0.29) is 0 Å². The number of hydrogen-bond acceptors (Lipinski definition) is 2. The molecular weight excluding hydrogens is 196 g/mol. The van der Waals surface area contributed by atoms with E-state index < -0.39 is 0 Å². The van der Waals surface area contributed by atoms with Crippen molar-refractivity contribution in [3.05, 3.63) is 0 Å². The first-order chi connectivity index (χ1) is 7.86. The molecule has 0 aromatic carbocycles. The first-order valence-corrected chi connectivity index (χ1v) is 7.32. The highest BCUT2D eigenvalue weighted by Crippen LogP contribution is 2.44. The predicted octanol–water partition coefficient (Wildman–Crippen LogP) is 2.11. The average Bonchev–Trinajstić information content (AvgIpc) is 3.20. The van der Waals surface area contributed by atoms with E-state index in [4.69, 9.17) is 0 Å². The van der Waals surface area contributed by atoms with Gasteiger partial charge in [-0.15, -0.1) is 0 Å². The van der Waals surface area contributed by atoms with Crippen LogP contribution in [0.25, 0.3) is 0 Å². The molecule has 16 heavy (non-hydrogen) atoms. The van der Waals surface area contributed by atoms with Crippen molar-refractivity contribution in [3.8, 4) is 0 Å². The molecule has 0 amide bonds. The second-order valence-electron chi connectivity index (χ2n) is 6.16. The van der Waals surface area contributed by atoms with Crippen LogP contribution in [-0.2, 0) is 0 Å². The van der Waals surface area contributed by atoms with E-state index >= 15 is 0 Å². The molecule has 1 atom stereocenters. The summed E-state index contributed by atoms with van der Waals surface area (Å²) < 4.78 is 0. The van der Waals surface area contributed by atoms with Crippen LogP contribution < -0.4 is 5.32 Å². The minimum Gasteiger partial charge on any atom is -0.313 e. The van der Waals surface area contributed by atoms with Gasteiger partial charge >= 0.3 is 0 Å². The molecule has 0 spiro atoms. The number of hydrogen-bond donors (Lipinski definition) is 1. The van der Waals surface area contributed by atoms with Crippen LogP contribution in [0.15, 0.2) is 0 Å². The Bertz CT molecular complexity index is 221. The van der Waals surface area contributed by atoms with Crippen molar-refractivity contribution >= 4 is 0 Å². The fraction of sp³-hybridized carbons (Fsp3) is 1.00. The summed E-state index contributed by atoms with van der Waals surface area (Å²) in [6, 6.07) is 0.899. The average molecular weight is 222 g/mol. The minimum atomic E-state index is 0.899. The number of rotatable bonds is 6. The van der Waals surface area contributed by atoms with Gasteiger partial charge in [-0.3, -0.25) is 0 Å². The zero-order valence-corrected chi connectivity index (χ0v) is 10.6. The van der Waals surface area contributed by atoms with Gasteiger partial charge in [-0.2, -0.15) is 0 Å². The van der Waals surface area contributed by atoms with Gasteiger partial charge in [-0.1, -0.05) is 6.92 Å². The summed E-state index contributed by atoms with van der Waals surface area (Å²) in [5.74, 6) is 3.03. The number of likely N-dealkylation sites (tertiary alicyclic amines) is 1. The van der Waals surface area contributed by atoms with Crippen LogP contribution in [0.5, 0.6) is 0 Å². The van der Waals surface area contributed by atoms with Gasteiger partial charge in [-0.25, -0.2) is 0 Å². The number of nitrogens with zero attached hydrogens (tertiary/aromatic N) is 1. The lowest BCUT2D eigenvalue weighted by atomic mass is 10.0. The third-order valence-electron chi connectivity index (χ3n) is 4.72. The van der Waals surface area contributed by atoms with E-state index in [1.807, 2.05) is 0 Å². The molecule has 2 saturated carbocycles. The maximum absolute atomic E-state index is 3.90. The Balaban J connectivity index is 1.41. The van der Waals surface area contributed by atoms with E-state index in [2.05, 4.69) is 17.1 Å². The fourth-order valence-corrected chi connectivity index (χ4v) is 3.30. The smallest absolute Gasteiger partial charge is 0.0124 e. The van der Waals surface area contributed by atoms with E-state index in [1.54, 1.807) is 0 Å². The summed E-state index contributed by atoms with van der Waals surface area (Å²) in [5.41, 5.74) is 0. The Labute approximate surface area is 99.8 Å². The van der Waals surface area contributed by atoms with Crippen molar-refractivity contribution in [1.82, 2.24) is 10.2 Å². The molecule has 3 rings (SSSR count). The van der Waals surface area contributed by atoms with Crippen molar-refractivity contribution in [3.63, 3.8) is 0 Å². The Kier molecular flexibility index (Phi) is 3.21. The summed E-state index contributed by atoms with van der Waals surface area (Å²) >= 11 is 0. The van der Waals surface area contributed by atoms with Gasteiger partial charge in [0.15, 0.2) is 0 Å². The Morgan fingerprint density at radius 3 is 2.31 bits per heavy atom. The predicted molar refractivity (Wildman–Crippen MR) is 67.5 cm³/mol. The van der Waals surface area contributed by atoms with Crippen LogP contribution in [0.3, 0.4) is 0 Å². The summed E-state index contributed by atoms with van der Waals surface area (Å²) in [7, 11) is 0. The summed E-state index contributed by atoms with van der Waals surface area (Å²) in [5, 5.41) is 3.90. The molecule has 1 unspecified atom stereocenters. The Morgan fingerprint density at radius 2 is 1.81 bits per heavy atom. The van der Waals surface area contributed by atoms with Crippen LogP contribution in [0, 0.1) is 17.8 Å². The fourth-order valence-electron chi connectivity index (χ4n) is 3.30. The quantitative estimate of drug-likeness (QED) is 0.740. The summed E-state index contributed by atoms with van der Waals surface area (Å²) in [4.78, 5) is 2.59. The third kappa shape index (κ3) is 2.60. The molecule has 2 aliphatic carbocycles. The monoisotopic (exact) mass is 222 g/mol. The second kappa shape index (κ2) is 4.66. The molecule has 2 heteroatoms. The van der Waals surface area contributed by atoms with Crippen molar-refractivity contribution in [1.29, 1.82) is 0 Å². The van der Waals surface area contributed by atoms with E-state index in [1.165, 1.54) is 58.3 Å². The zero-order chi connectivity index (χ0) is 11.0. The van der Waals surface area contributed by atoms with Crippen LogP contribution >= 0.6 is 0 Å². The van der Waals surface area contributed by atoms with Crippen molar-refractivity contribution in [2.45, 2.75) is 45.1 Å². The summed E-state index contributed by atoms with van der Waals surface area (Å²) in [6.07, 6.45) is 7.42. The lowest BCUT2D eigenvalue weighted by Gasteiger charge is -2.20. The zero-order valence-electron chi connectivity index (χ0n) is 10.6. The van der Waals surface area contributed by atoms with Gasteiger partial charge in [0.05, 0.1) is 0 Å². The molecule has 0 radical (unpaired) electrons. The van der Waals surface area contributed by atoms with Crippen molar-refractivity contribution in [2.75, 3.05) is 26.2 Å². The number of nitrogens with one attached hydrogen (secondary N) is 1. The molecule has 3 fully saturated rings. The van der Waals surface area contributed by atoms with Crippen LogP contribution in [0.1, 0.15) is 39.0 Å². The lowest BCUT2D eigenvalue weighted by molar-refractivity contribution is 0.326. The lowest BCUT2D eigenvalue weighted by Crippen LogP contribution is -2.37. The van der Waals surface area contributed by atoms with Gasteiger partial charge in [0.2, 0.25) is 0 Å². The molecule has 1 N–H and O–H groups in total. The summed E-state index contributed by atoms with van der Waals surface area (Å²) in [6.45, 7) is 7.48. The highest BCUT2D eigenvalue weighted by atomic mass is 15.1. The first-order valence-electron chi connectivity index (χ1n) is 7.32. The molecule has 0 aromatic heterocycles. The maximum atomic E-state index is 3.90. The SMILES string of the molecule is CCN1CCC(CNC(C2CC2)C2CC2)C1. The van der Waals surface area contributed by atoms with Gasteiger partial charge in [0.1, 0.15) is 0 Å². The van der Waals surface area contributed by atoms with E-state index in [9.17, 15) is 0 Å². The molecule has 2 nitrogen and oxygen atoms in total. The Hall–Kier alpha value is -0.0800. The minimum absolute atomic E-state index is 0.899. The van der Waals surface area contributed by atoms with Gasteiger partial charge in [0.25, 0.3) is 0 Å². The molecule has 3 aliphatic rings. The first kappa shape index (κ1) is 11.0. The third-order valence-corrected chi connectivity index (χ3v) is 4.72. The largest absolute Gasteiger partial charge is 0.313 e. The van der Waals surface area contributed by atoms with Gasteiger partial charge in [-0.05, 0) is 69.5 Å². The van der Waals surface area contributed by atoms with Gasteiger partial charge in [0, 0.05) is 12.6 Å². The highest BCUT2D eigenvalue weighted by Gasteiger charge is 2.41. The standard InChI is InChI=1S/C14H26N2/c1-2-16-8-7-11(10-16)9-15-14(12-3-4-12)13-5-6-13/h11-15H,2-10H2,1H3. The highest BCUT2D eigenvalue weighted by molar-refractivity contribution is 4.96. The van der Waals surface area contributed by atoms with Crippen molar-refractivity contribution in [2.24, 2.45) is 17.8 Å². The molecule has 1 heterocycles. The molecule has 1 saturated heterocycles. The van der Waals surface area contributed by atoms with E-state index in [0.717, 1.165) is 23.8 Å². The normalized spacial score (nSPS) is 31.5. The van der Waals surface area contributed by atoms with E-state index in [0.29, 0.717) is 0 Å². The molecule has 0 bridgehead atoms. The molecule has 92 valence electrons. The topological polar surface area (TPSA) is 15.3 Å². The van der Waals surface area contributed by atoms with Crippen LogP contribution in [0.4, 0.5) is 0 Å². The van der Waals surface area contributed by atoms with Crippen molar-refractivity contribution < 1.29 is 0 Å². The molecule has 1 aliphatic heterocycles. The maximum Gasteiger partial charge on any atom is 0.0124 e. The molecule has 0 aromatic rings.